The Morgan fingerprint density at radius 3 is 1.92 bits per heavy atom. The molecule has 0 heterocycles. The van der Waals surface area contributed by atoms with Crippen molar-refractivity contribution >= 4 is 11.4 Å². The number of nitrogens with zero attached hydrogens (tertiary/aromatic N) is 2. The van der Waals surface area contributed by atoms with Gasteiger partial charge in [0, 0.05) is 0 Å². The van der Waals surface area contributed by atoms with Crippen LogP contribution in [0.3, 0.4) is 0 Å². The number of hydrogen-bond acceptors (Lipinski definition) is 4. The molecule has 128 valence electrons. The lowest BCUT2D eigenvalue weighted by Crippen LogP contribution is -1.96. The fourth-order valence-corrected chi connectivity index (χ4v) is 2.32. The molecular formula is C20H26N2O2. The maximum absolute atomic E-state index is 9.23. The average molecular weight is 326 g/mol. The maximum atomic E-state index is 9.23. The van der Waals surface area contributed by atoms with Crippen LogP contribution in [0.25, 0.3) is 0 Å². The van der Waals surface area contributed by atoms with E-state index in [0.717, 1.165) is 24.5 Å². The van der Waals surface area contributed by atoms with E-state index in [4.69, 9.17) is 4.74 Å². The Morgan fingerprint density at radius 1 is 0.750 bits per heavy atom. The van der Waals surface area contributed by atoms with Gasteiger partial charge in [-0.25, -0.2) is 0 Å². The van der Waals surface area contributed by atoms with E-state index in [2.05, 4.69) is 17.2 Å². The van der Waals surface area contributed by atoms with Gasteiger partial charge in [-0.1, -0.05) is 39.0 Å². The first kappa shape index (κ1) is 18.0. The Labute approximate surface area is 144 Å². The summed E-state index contributed by atoms with van der Waals surface area (Å²) in [6.07, 6.45) is 7.59. The van der Waals surface area contributed by atoms with Gasteiger partial charge in [-0.2, -0.15) is 10.2 Å². The molecule has 2 aromatic rings. The van der Waals surface area contributed by atoms with E-state index in [1.54, 1.807) is 24.3 Å². The lowest BCUT2D eigenvalue weighted by atomic mass is 10.1. The van der Waals surface area contributed by atoms with Crippen LogP contribution >= 0.6 is 0 Å². The molecule has 0 spiro atoms. The summed E-state index contributed by atoms with van der Waals surface area (Å²) in [7, 11) is 0. The third-order valence-corrected chi connectivity index (χ3v) is 3.73. The van der Waals surface area contributed by atoms with Crippen molar-refractivity contribution in [1.29, 1.82) is 0 Å². The van der Waals surface area contributed by atoms with Gasteiger partial charge in [-0.05, 0) is 55.0 Å². The summed E-state index contributed by atoms with van der Waals surface area (Å²) in [6, 6.07) is 14.2. The molecule has 0 fully saturated rings. The predicted octanol–water partition coefficient (Wildman–Crippen LogP) is 6.55. The summed E-state index contributed by atoms with van der Waals surface area (Å²) < 4.78 is 5.74. The zero-order chi connectivity index (χ0) is 17.0. The molecule has 0 saturated heterocycles. The standard InChI is InChI=1S/C20H26N2O2/c1-2-3-4-5-6-7-16-24-20-14-10-18(11-15-20)22-21-17-8-12-19(23)13-9-17/h8-15,23H,2-7,16H2,1H3/b22-21+. The van der Waals surface area contributed by atoms with Crippen molar-refractivity contribution < 1.29 is 9.84 Å². The summed E-state index contributed by atoms with van der Waals surface area (Å²) >= 11 is 0. The molecule has 0 radical (unpaired) electrons. The van der Waals surface area contributed by atoms with Gasteiger partial charge < -0.3 is 9.84 Å². The van der Waals surface area contributed by atoms with Gasteiger partial charge in [0.25, 0.3) is 0 Å². The number of aromatic hydroxyl groups is 1. The molecule has 0 aliphatic carbocycles. The predicted molar refractivity (Wildman–Crippen MR) is 97.6 cm³/mol. The van der Waals surface area contributed by atoms with E-state index >= 15 is 0 Å². The second-order valence-corrected chi connectivity index (χ2v) is 5.83. The fourth-order valence-electron chi connectivity index (χ4n) is 2.32. The van der Waals surface area contributed by atoms with E-state index < -0.39 is 0 Å². The van der Waals surface area contributed by atoms with Crippen LogP contribution in [0.2, 0.25) is 0 Å². The molecule has 0 aliphatic heterocycles. The molecule has 0 atom stereocenters. The number of rotatable bonds is 10. The number of azo groups is 1. The second-order valence-electron chi connectivity index (χ2n) is 5.83. The Kier molecular flexibility index (Phi) is 7.81. The van der Waals surface area contributed by atoms with Gasteiger partial charge in [0.2, 0.25) is 0 Å². The molecule has 1 N–H and O–H groups in total. The first-order valence-corrected chi connectivity index (χ1v) is 8.71. The first-order chi connectivity index (χ1) is 11.8. The van der Waals surface area contributed by atoms with Crippen molar-refractivity contribution in [2.24, 2.45) is 10.2 Å². The minimum absolute atomic E-state index is 0.223. The van der Waals surface area contributed by atoms with E-state index in [0.29, 0.717) is 5.69 Å². The second kappa shape index (κ2) is 10.4. The highest BCUT2D eigenvalue weighted by Crippen LogP contribution is 2.22. The molecule has 0 aliphatic rings. The zero-order valence-electron chi connectivity index (χ0n) is 14.3. The highest BCUT2D eigenvalue weighted by Gasteiger charge is 1.96. The minimum atomic E-state index is 0.223. The van der Waals surface area contributed by atoms with Crippen LogP contribution in [0, 0.1) is 0 Å². The van der Waals surface area contributed by atoms with Crippen LogP contribution in [-0.4, -0.2) is 11.7 Å². The van der Waals surface area contributed by atoms with E-state index in [1.807, 2.05) is 24.3 Å². The molecule has 0 amide bonds. The van der Waals surface area contributed by atoms with Gasteiger partial charge in [-0.3, -0.25) is 0 Å². The number of hydrogen-bond donors (Lipinski definition) is 1. The van der Waals surface area contributed by atoms with Gasteiger partial charge in [0.15, 0.2) is 0 Å². The van der Waals surface area contributed by atoms with Gasteiger partial charge in [-0.15, -0.1) is 0 Å². The van der Waals surface area contributed by atoms with E-state index in [9.17, 15) is 5.11 Å². The van der Waals surface area contributed by atoms with E-state index in [-0.39, 0.29) is 5.75 Å². The lowest BCUT2D eigenvalue weighted by molar-refractivity contribution is 0.304. The molecule has 0 saturated carbocycles. The molecule has 0 aromatic heterocycles. The average Bonchev–Trinajstić information content (AvgIpc) is 2.61. The molecule has 2 aromatic carbocycles. The molecule has 24 heavy (non-hydrogen) atoms. The smallest absolute Gasteiger partial charge is 0.119 e. The topological polar surface area (TPSA) is 54.2 Å². The third kappa shape index (κ3) is 6.82. The summed E-state index contributed by atoms with van der Waals surface area (Å²) in [5.41, 5.74) is 1.48. The van der Waals surface area contributed by atoms with Crippen molar-refractivity contribution in [2.75, 3.05) is 6.61 Å². The van der Waals surface area contributed by atoms with Gasteiger partial charge in [0.1, 0.15) is 11.5 Å². The number of phenols is 1. The lowest BCUT2D eigenvalue weighted by Gasteiger charge is -2.06. The Morgan fingerprint density at radius 2 is 1.29 bits per heavy atom. The Hall–Kier alpha value is -2.36. The number of phenolic OH excluding ortho intramolecular Hbond substituents is 1. The van der Waals surface area contributed by atoms with Gasteiger partial charge >= 0.3 is 0 Å². The normalized spacial score (nSPS) is 11.0. The van der Waals surface area contributed by atoms with Crippen LogP contribution in [-0.2, 0) is 0 Å². The minimum Gasteiger partial charge on any atom is -0.508 e. The quantitative estimate of drug-likeness (QED) is 0.397. The van der Waals surface area contributed by atoms with Crippen LogP contribution in [0.1, 0.15) is 45.4 Å². The first-order valence-electron chi connectivity index (χ1n) is 8.71. The molecule has 4 heteroatoms. The van der Waals surface area contributed by atoms with Crippen molar-refractivity contribution in [1.82, 2.24) is 0 Å². The molecule has 4 nitrogen and oxygen atoms in total. The van der Waals surface area contributed by atoms with Crippen molar-refractivity contribution in [3.8, 4) is 11.5 Å². The number of unbranched alkanes of at least 4 members (excludes halogenated alkanes) is 5. The summed E-state index contributed by atoms with van der Waals surface area (Å²) in [5, 5.41) is 17.5. The van der Waals surface area contributed by atoms with Crippen LogP contribution in [0.15, 0.2) is 58.8 Å². The summed E-state index contributed by atoms with van der Waals surface area (Å²) in [4.78, 5) is 0. The van der Waals surface area contributed by atoms with Crippen LogP contribution in [0.5, 0.6) is 11.5 Å². The Bertz CT molecular complexity index is 607. The molecule has 2 rings (SSSR count). The van der Waals surface area contributed by atoms with E-state index in [1.165, 1.54) is 32.1 Å². The third-order valence-electron chi connectivity index (χ3n) is 3.73. The van der Waals surface area contributed by atoms with Crippen molar-refractivity contribution in [3.05, 3.63) is 48.5 Å². The Balaban J connectivity index is 1.71. The van der Waals surface area contributed by atoms with Crippen molar-refractivity contribution in [2.45, 2.75) is 45.4 Å². The van der Waals surface area contributed by atoms with Crippen molar-refractivity contribution in [3.63, 3.8) is 0 Å². The number of benzene rings is 2. The van der Waals surface area contributed by atoms with Gasteiger partial charge in [0.05, 0.1) is 18.0 Å². The SMILES string of the molecule is CCCCCCCCOc1ccc(/N=N/c2ccc(O)cc2)cc1. The highest BCUT2D eigenvalue weighted by atomic mass is 16.5. The number of ether oxygens (including phenoxy) is 1. The van der Waals surface area contributed by atoms with Crippen LogP contribution in [0.4, 0.5) is 11.4 Å². The fraction of sp³-hybridized carbons (Fsp3) is 0.400. The maximum Gasteiger partial charge on any atom is 0.119 e. The molecule has 0 unspecified atom stereocenters. The monoisotopic (exact) mass is 326 g/mol. The highest BCUT2D eigenvalue weighted by molar-refractivity contribution is 5.43. The molecule has 0 bridgehead atoms. The summed E-state index contributed by atoms with van der Waals surface area (Å²) in [5.74, 6) is 1.09. The zero-order valence-corrected chi connectivity index (χ0v) is 14.3. The largest absolute Gasteiger partial charge is 0.508 e. The molecular weight excluding hydrogens is 300 g/mol. The van der Waals surface area contributed by atoms with Crippen LogP contribution < -0.4 is 4.74 Å². The summed E-state index contributed by atoms with van der Waals surface area (Å²) in [6.45, 7) is 3.00.